The van der Waals surface area contributed by atoms with Gasteiger partial charge in [-0.15, -0.1) is 0 Å². The largest absolute Gasteiger partial charge is 0.347 e. The fraction of sp³-hybridized carbons (Fsp3) is 0.300. The van der Waals surface area contributed by atoms with Gasteiger partial charge in [-0.3, -0.25) is 9.59 Å². The molecule has 0 radical (unpaired) electrons. The Bertz CT molecular complexity index is 748. The number of halogens is 1. The number of hydrogen-bond donors (Lipinski definition) is 1. The molecule has 5 heteroatoms. The highest BCUT2D eigenvalue weighted by molar-refractivity contribution is 5.94. The van der Waals surface area contributed by atoms with Gasteiger partial charge in [0.15, 0.2) is 0 Å². The number of carbonyl (C=O) groups is 2. The molecular weight excluding hydrogens is 319 g/mol. The van der Waals surface area contributed by atoms with Gasteiger partial charge in [-0.2, -0.15) is 0 Å². The molecule has 1 aliphatic heterocycles. The molecule has 0 bridgehead atoms. The Labute approximate surface area is 146 Å². The van der Waals surface area contributed by atoms with E-state index in [-0.39, 0.29) is 17.9 Å². The predicted molar refractivity (Wildman–Crippen MR) is 93.6 cm³/mol. The Morgan fingerprint density at radius 1 is 1.12 bits per heavy atom. The van der Waals surface area contributed by atoms with Crippen molar-refractivity contribution in [2.75, 3.05) is 13.1 Å². The molecule has 0 saturated carbocycles. The second-order valence-electron chi connectivity index (χ2n) is 6.29. The van der Waals surface area contributed by atoms with Gasteiger partial charge in [0.2, 0.25) is 5.91 Å². The third-order valence-corrected chi connectivity index (χ3v) is 4.43. The van der Waals surface area contributed by atoms with Gasteiger partial charge in [0.1, 0.15) is 5.82 Å². The van der Waals surface area contributed by atoms with E-state index in [2.05, 4.69) is 5.32 Å². The molecule has 3 rings (SSSR count). The van der Waals surface area contributed by atoms with E-state index in [1.807, 2.05) is 30.3 Å². The van der Waals surface area contributed by atoms with Crippen LogP contribution in [-0.4, -0.2) is 35.8 Å². The Morgan fingerprint density at radius 2 is 1.92 bits per heavy atom. The zero-order chi connectivity index (χ0) is 17.6. The molecule has 1 N–H and O–H groups in total. The maximum Gasteiger partial charge on any atom is 0.251 e. The highest BCUT2D eigenvalue weighted by Gasteiger charge is 2.27. The highest BCUT2D eigenvalue weighted by atomic mass is 19.1. The Morgan fingerprint density at radius 3 is 2.68 bits per heavy atom. The summed E-state index contributed by atoms with van der Waals surface area (Å²) in [7, 11) is 0. The summed E-state index contributed by atoms with van der Waals surface area (Å²) in [6, 6.07) is 15.4. The minimum atomic E-state index is -0.434. The van der Waals surface area contributed by atoms with E-state index in [0.717, 1.165) is 18.4 Å². The average Bonchev–Trinajstić information content (AvgIpc) is 3.09. The smallest absolute Gasteiger partial charge is 0.251 e. The lowest BCUT2D eigenvalue weighted by atomic mass is 10.1. The molecule has 0 aliphatic carbocycles. The maximum absolute atomic E-state index is 13.2. The standard InChI is InChI=1S/C20H21FN2O2/c21-17-8-4-7-16(13-17)20(25)22-18-11-12-23(14-18)19(24)10-9-15-5-2-1-3-6-15/h1-8,13,18H,9-12,14H2,(H,22,25)/t18-/m0/s1. The van der Waals surface area contributed by atoms with Crippen molar-refractivity contribution in [3.63, 3.8) is 0 Å². The van der Waals surface area contributed by atoms with E-state index in [1.165, 1.54) is 18.2 Å². The molecular formula is C20H21FN2O2. The molecule has 130 valence electrons. The van der Waals surface area contributed by atoms with Gasteiger partial charge in [-0.1, -0.05) is 36.4 Å². The highest BCUT2D eigenvalue weighted by Crippen LogP contribution is 2.13. The number of rotatable bonds is 5. The van der Waals surface area contributed by atoms with Crippen molar-refractivity contribution in [1.82, 2.24) is 10.2 Å². The van der Waals surface area contributed by atoms with Gasteiger partial charge in [0.25, 0.3) is 5.91 Å². The number of benzene rings is 2. The van der Waals surface area contributed by atoms with Crippen molar-refractivity contribution >= 4 is 11.8 Å². The molecule has 1 atom stereocenters. The summed E-state index contributed by atoms with van der Waals surface area (Å²) in [4.78, 5) is 26.3. The van der Waals surface area contributed by atoms with E-state index >= 15 is 0 Å². The van der Waals surface area contributed by atoms with Crippen molar-refractivity contribution in [1.29, 1.82) is 0 Å². The molecule has 4 nitrogen and oxygen atoms in total. The monoisotopic (exact) mass is 340 g/mol. The molecule has 0 spiro atoms. The second kappa shape index (κ2) is 7.92. The van der Waals surface area contributed by atoms with Gasteiger partial charge in [-0.05, 0) is 36.6 Å². The lowest BCUT2D eigenvalue weighted by molar-refractivity contribution is -0.130. The van der Waals surface area contributed by atoms with Crippen LogP contribution in [-0.2, 0) is 11.2 Å². The second-order valence-corrected chi connectivity index (χ2v) is 6.29. The van der Waals surface area contributed by atoms with Crippen molar-refractivity contribution < 1.29 is 14.0 Å². The van der Waals surface area contributed by atoms with Gasteiger partial charge >= 0.3 is 0 Å². The van der Waals surface area contributed by atoms with E-state index in [1.54, 1.807) is 11.0 Å². The van der Waals surface area contributed by atoms with Crippen LogP contribution in [0.3, 0.4) is 0 Å². The minimum absolute atomic E-state index is 0.0866. The lowest BCUT2D eigenvalue weighted by Crippen LogP contribution is -2.38. The molecule has 2 aromatic rings. The van der Waals surface area contributed by atoms with Crippen LogP contribution < -0.4 is 5.32 Å². The molecule has 2 amide bonds. The van der Waals surface area contributed by atoms with Crippen molar-refractivity contribution in [2.24, 2.45) is 0 Å². The van der Waals surface area contributed by atoms with Crippen LogP contribution in [0.2, 0.25) is 0 Å². The zero-order valence-electron chi connectivity index (χ0n) is 14.0. The number of carbonyl (C=O) groups excluding carboxylic acids is 2. The Hall–Kier alpha value is -2.69. The predicted octanol–water partition coefficient (Wildman–Crippen LogP) is 2.79. The fourth-order valence-electron chi connectivity index (χ4n) is 3.06. The molecule has 25 heavy (non-hydrogen) atoms. The summed E-state index contributed by atoms with van der Waals surface area (Å²) >= 11 is 0. The zero-order valence-corrected chi connectivity index (χ0v) is 14.0. The Kier molecular flexibility index (Phi) is 5.43. The quantitative estimate of drug-likeness (QED) is 0.910. The number of aryl methyl sites for hydroxylation is 1. The summed E-state index contributed by atoms with van der Waals surface area (Å²) in [5.74, 6) is -0.633. The third kappa shape index (κ3) is 4.66. The van der Waals surface area contributed by atoms with Crippen LogP contribution in [0.15, 0.2) is 54.6 Å². The van der Waals surface area contributed by atoms with Crippen molar-refractivity contribution in [3.05, 3.63) is 71.5 Å². The molecule has 1 aliphatic rings. The third-order valence-electron chi connectivity index (χ3n) is 4.43. The summed E-state index contributed by atoms with van der Waals surface area (Å²) < 4.78 is 13.2. The van der Waals surface area contributed by atoms with E-state index in [4.69, 9.17) is 0 Å². The molecule has 1 heterocycles. The van der Waals surface area contributed by atoms with Crippen molar-refractivity contribution in [3.8, 4) is 0 Å². The van der Waals surface area contributed by atoms with Gasteiger partial charge in [0.05, 0.1) is 0 Å². The number of nitrogens with one attached hydrogen (secondary N) is 1. The van der Waals surface area contributed by atoms with Crippen LogP contribution in [0.5, 0.6) is 0 Å². The minimum Gasteiger partial charge on any atom is -0.347 e. The van der Waals surface area contributed by atoms with Crippen LogP contribution in [0.4, 0.5) is 4.39 Å². The summed E-state index contributed by atoms with van der Waals surface area (Å²) in [5, 5.41) is 2.88. The van der Waals surface area contributed by atoms with E-state index < -0.39 is 5.82 Å². The average molecular weight is 340 g/mol. The van der Waals surface area contributed by atoms with Gasteiger partial charge < -0.3 is 10.2 Å². The van der Waals surface area contributed by atoms with E-state index in [0.29, 0.717) is 25.1 Å². The molecule has 1 fully saturated rings. The number of likely N-dealkylation sites (tertiary alicyclic amines) is 1. The first-order chi connectivity index (χ1) is 12.1. The number of hydrogen-bond acceptors (Lipinski definition) is 2. The SMILES string of the molecule is O=C(N[C@H]1CCN(C(=O)CCc2ccccc2)C1)c1cccc(F)c1. The number of nitrogens with zero attached hydrogens (tertiary/aromatic N) is 1. The summed E-state index contributed by atoms with van der Waals surface area (Å²) in [6.07, 6.45) is 1.91. The first-order valence-electron chi connectivity index (χ1n) is 8.50. The first kappa shape index (κ1) is 17.1. The van der Waals surface area contributed by atoms with E-state index in [9.17, 15) is 14.0 Å². The normalized spacial score (nSPS) is 16.7. The Balaban J connectivity index is 1.48. The van der Waals surface area contributed by atoms with Crippen LogP contribution in [0.25, 0.3) is 0 Å². The van der Waals surface area contributed by atoms with Crippen LogP contribution in [0.1, 0.15) is 28.8 Å². The molecule has 0 aromatic heterocycles. The van der Waals surface area contributed by atoms with Crippen LogP contribution >= 0.6 is 0 Å². The van der Waals surface area contributed by atoms with Crippen molar-refractivity contribution in [2.45, 2.75) is 25.3 Å². The molecule has 0 unspecified atom stereocenters. The number of amides is 2. The molecule has 2 aromatic carbocycles. The maximum atomic E-state index is 13.2. The molecule has 1 saturated heterocycles. The van der Waals surface area contributed by atoms with Gasteiger partial charge in [-0.25, -0.2) is 4.39 Å². The topological polar surface area (TPSA) is 49.4 Å². The lowest BCUT2D eigenvalue weighted by Gasteiger charge is -2.17. The summed E-state index contributed by atoms with van der Waals surface area (Å²) in [5.41, 5.74) is 1.44. The fourth-order valence-corrected chi connectivity index (χ4v) is 3.06. The first-order valence-corrected chi connectivity index (χ1v) is 8.50. The van der Waals surface area contributed by atoms with Gasteiger partial charge in [0, 0.05) is 31.1 Å². The summed E-state index contributed by atoms with van der Waals surface area (Å²) in [6.45, 7) is 1.15. The van der Waals surface area contributed by atoms with Crippen LogP contribution in [0, 0.1) is 5.82 Å².